The van der Waals surface area contributed by atoms with Crippen LogP contribution in [0.4, 0.5) is 5.69 Å². The van der Waals surface area contributed by atoms with E-state index < -0.39 is 10.8 Å². The lowest BCUT2D eigenvalue weighted by molar-refractivity contribution is 0.357. The fraction of sp³-hybridized carbons (Fsp3) is 0.250. The number of aryl methyl sites for hydroxylation is 1. The van der Waals surface area contributed by atoms with Crippen LogP contribution in [0.5, 0.6) is 5.75 Å². The fourth-order valence-electron chi connectivity index (χ4n) is 2.34. The predicted molar refractivity (Wildman–Crippen MR) is 81.5 cm³/mol. The van der Waals surface area contributed by atoms with Crippen molar-refractivity contribution in [2.45, 2.75) is 17.7 Å². The first kappa shape index (κ1) is 13.2. The second-order valence-electron chi connectivity index (χ2n) is 4.91. The van der Waals surface area contributed by atoms with Crippen molar-refractivity contribution in [3.63, 3.8) is 0 Å². The van der Waals surface area contributed by atoms with Crippen molar-refractivity contribution < 1.29 is 8.95 Å². The standard InChI is InChI=1S/C16H17NO2S/c17-14-2-4-15(5-3-14)20(18)10-8-12-1-6-16-13(11-12)7-9-19-16/h1-6,11H,7-10,17H2. The van der Waals surface area contributed by atoms with Crippen molar-refractivity contribution in [1.82, 2.24) is 0 Å². The normalized spacial score (nSPS) is 14.6. The van der Waals surface area contributed by atoms with E-state index in [1.54, 1.807) is 12.1 Å². The molecule has 104 valence electrons. The Hall–Kier alpha value is -1.81. The minimum Gasteiger partial charge on any atom is -0.493 e. The summed E-state index contributed by atoms with van der Waals surface area (Å²) in [7, 11) is -0.977. The quantitative estimate of drug-likeness (QED) is 0.879. The molecule has 3 rings (SSSR count). The first-order chi connectivity index (χ1) is 9.72. The average molecular weight is 287 g/mol. The maximum absolute atomic E-state index is 12.2. The zero-order valence-corrected chi connectivity index (χ0v) is 12.0. The highest BCUT2D eigenvalue weighted by atomic mass is 32.2. The molecule has 2 N–H and O–H groups in total. The first-order valence-electron chi connectivity index (χ1n) is 6.71. The van der Waals surface area contributed by atoms with E-state index in [1.807, 2.05) is 18.2 Å². The summed E-state index contributed by atoms with van der Waals surface area (Å²) in [4.78, 5) is 0.837. The largest absolute Gasteiger partial charge is 0.493 e. The van der Waals surface area contributed by atoms with Crippen LogP contribution in [0, 0.1) is 0 Å². The molecule has 0 saturated heterocycles. The summed E-state index contributed by atoms with van der Waals surface area (Å²) in [5.41, 5.74) is 8.82. The van der Waals surface area contributed by atoms with Gasteiger partial charge in [0.15, 0.2) is 0 Å². The maximum atomic E-state index is 12.2. The first-order valence-corrected chi connectivity index (χ1v) is 8.03. The maximum Gasteiger partial charge on any atom is 0.122 e. The van der Waals surface area contributed by atoms with Gasteiger partial charge < -0.3 is 10.5 Å². The van der Waals surface area contributed by atoms with Gasteiger partial charge in [-0.15, -0.1) is 0 Å². The second-order valence-corrected chi connectivity index (χ2v) is 6.48. The van der Waals surface area contributed by atoms with Gasteiger partial charge in [0.25, 0.3) is 0 Å². The highest BCUT2D eigenvalue weighted by Crippen LogP contribution is 2.26. The number of nitrogen functional groups attached to an aromatic ring is 1. The number of hydrogen-bond donors (Lipinski definition) is 1. The molecule has 0 aromatic heterocycles. The van der Waals surface area contributed by atoms with Gasteiger partial charge in [-0.1, -0.05) is 12.1 Å². The molecule has 1 aliphatic rings. The minimum atomic E-state index is -0.977. The van der Waals surface area contributed by atoms with Gasteiger partial charge in [0, 0.05) is 22.8 Å². The molecule has 1 unspecified atom stereocenters. The summed E-state index contributed by atoms with van der Waals surface area (Å²) < 4.78 is 17.7. The molecule has 0 saturated carbocycles. The minimum absolute atomic E-state index is 0.629. The van der Waals surface area contributed by atoms with Crippen molar-refractivity contribution in [3.8, 4) is 5.75 Å². The van der Waals surface area contributed by atoms with Crippen molar-refractivity contribution in [2.75, 3.05) is 18.1 Å². The van der Waals surface area contributed by atoms with Gasteiger partial charge in [-0.25, -0.2) is 0 Å². The van der Waals surface area contributed by atoms with E-state index in [4.69, 9.17) is 10.5 Å². The summed E-state index contributed by atoms with van der Waals surface area (Å²) >= 11 is 0. The van der Waals surface area contributed by atoms with E-state index in [-0.39, 0.29) is 0 Å². The molecule has 2 aromatic carbocycles. The van der Waals surface area contributed by atoms with E-state index in [2.05, 4.69) is 12.1 Å². The molecule has 20 heavy (non-hydrogen) atoms. The molecule has 1 atom stereocenters. The molecule has 1 heterocycles. The van der Waals surface area contributed by atoms with Gasteiger partial charge in [-0.2, -0.15) is 0 Å². The third kappa shape index (κ3) is 2.85. The number of ether oxygens (including phenoxy) is 1. The Kier molecular flexibility index (Phi) is 3.74. The van der Waals surface area contributed by atoms with Gasteiger partial charge in [0.2, 0.25) is 0 Å². The smallest absolute Gasteiger partial charge is 0.122 e. The summed E-state index contributed by atoms with van der Waals surface area (Å²) in [5, 5.41) is 0. The molecule has 0 fully saturated rings. The molecule has 1 aliphatic heterocycles. The zero-order chi connectivity index (χ0) is 13.9. The third-order valence-corrected chi connectivity index (χ3v) is 4.85. The second kappa shape index (κ2) is 5.67. The average Bonchev–Trinajstić information content (AvgIpc) is 2.93. The molecule has 0 spiro atoms. The van der Waals surface area contributed by atoms with Gasteiger partial charge in [-0.3, -0.25) is 4.21 Å². The zero-order valence-electron chi connectivity index (χ0n) is 11.2. The molecule has 0 amide bonds. The summed E-state index contributed by atoms with van der Waals surface area (Å²) in [6.07, 6.45) is 1.79. The Morgan fingerprint density at radius 3 is 2.75 bits per heavy atom. The number of benzene rings is 2. The van der Waals surface area contributed by atoms with Gasteiger partial charge >= 0.3 is 0 Å². The summed E-state index contributed by atoms with van der Waals surface area (Å²) in [5.74, 6) is 1.62. The number of rotatable bonds is 4. The molecule has 0 radical (unpaired) electrons. The van der Waals surface area contributed by atoms with Crippen molar-refractivity contribution in [1.29, 1.82) is 0 Å². The van der Waals surface area contributed by atoms with Crippen LogP contribution in [0.2, 0.25) is 0 Å². The highest BCUT2D eigenvalue weighted by Gasteiger charge is 2.12. The fourth-order valence-corrected chi connectivity index (χ4v) is 3.44. The summed E-state index contributed by atoms with van der Waals surface area (Å²) in [6.45, 7) is 0.774. The number of anilines is 1. The van der Waals surface area contributed by atoms with E-state index in [0.29, 0.717) is 11.4 Å². The van der Waals surface area contributed by atoms with Crippen molar-refractivity contribution >= 4 is 16.5 Å². The van der Waals surface area contributed by atoms with Gasteiger partial charge in [-0.05, 0) is 47.9 Å². The molecule has 4 heteroatoms. The molecular formula is C16H17NO2S. The number of hydrogen-bond acceptors (Lipinski definition) is 3. The predicted octanol–water partition coefficient (Wildman–Crippen LogP) is 2.55. The van der Waals surface area contributed by atoms with Crippen LogP contribution in [0.15, 0.2) is 47.4 Å². The lowest BCUT2D eigenvalue weighted by atomic mass is 10.1. The topological polar surface area (TPSA) is 52.3 Å². The van der Waals surface area contributed by atoms with Crippen LogP contribution in [0.3, 0.4) is 0 Å². The van der Waals surface area contributed by atoms with Gasteiger partial charge in [0.1, 0.15) is 5.75 Å². The Labute approximate surface area is 121 Å². The monoisotopic (exact) mass is 287 g/mol. The third-order valence-electron chi connectivity index (χ3n) is 3.47. The van der Waals surface area contributed by atoms with Crippen molar-refractivity contribution in [3.05, 3.63) is 53.6 Å². The molecule has 2 aromatic rings. The van der Waals surface area contributed by atoms with Crippen molar-refractivity contribution in [2.24, 2.45) is 0 Å². The highest BCUT2D eigenvalue weighted by molar-refractivity contribution is 7.85. The molecule has 0 aliphatic carbocycles. The van der Waals surface area contributed by atoms with Crippen LogP contribution in [0.25, 0.3) is 0 Å². The van der Waals surface area contributed by atoms with Gasteiger partial charge in [0.05, 0.1) is 17.4 Å². The number of fused-ring (bicyclic) bond motifs is 1. The SMILES string of the molecule is Nc1ccc(S(=O)CCc2ccc3c(c2)CCO3)cc1. The van der Waals surface area contributed by atoms with Crippen LogP contribution in [-0.4, -0.2) is 16.6 Å². The summed E-state index contributed by atoms with van der Waals surface area (Å²) in [6, 6.07) is 13.5. The van der Waals surface area contributed by atoms with Crippen LogP contribution in [-0.2, 0) is 23.6 Å². The Bertz CT molecular complexity index is 637. The van der Waals surface area contributed by atoms with E-state index >= 15 is 0 Å². The Morgan fingerprint density at radius 1 is 1.15 bits per heavy atom. The lowest BCUT2D eigenvalue weighted by Crippen LogP contribution is -2.02. The van der Waals surface area contributed by atoms with E-state index in [0.717, 1.165) is 30.1 Å². The Balaban J connectivity index is 1.64. The molecule has 3 nitrogen and oxygen atoms in total. The lowest BCUT2D eigenvalue weighted by Gasteiger charge is -2.05. The number of nitrogens with two attached hydrogens (primary N) is 1. The van der Waals surface area contributed by atoms with Crippen LogP contribution < -0.4 is 10.5 Å². The van der Waals surface area contributed by atoms with E-state index in [1.165, 1.54) is 11.1 Å². The van der Waals surface area contributed by atoms with E-state index in [9.17, 15) is 4.21 Å². The van der Waals surface area contributed by atoms with Crippen LogP contribution >= 0.6 is 0 Å². The van der Waals surface area contributed by atoms with Crippen LogP contribution in [0.1, 0.15) is 11.1 Å². The molecular weight excluding hydrogens is 270 g/mol. The Morgan fingerprint density at radius 2 is 1.95 bits per heavy atom. The molecule has 0 bridgehead atoms.